The highest BCUT2D eigenvalue weighted by Gasteiger charge is 2.20. The van der Waals surface area contributed by atoms with E-state index in [1.54, 1.807) is 7.11 Å². The van der Waals surface area contributed by atoms with Gasteiger partial charge in [-0.3, -0.25) is 9.48 Å². The first-order chi connectivity index (χ1) is 17.4. The first-order valence-corrected chi connectivity index (χ1v) is 11.8. The Morgan fingerprint density at radius 1 is 1.06 bits per heavy atom. The van der Waals surface area contributed by atoms with Crippen LogP contribution in [0.5, 0.6) is 11.5 Å². The molecule has 0 amide bonds. The summed E-state index contributed by atoms with van der Waals surface area (Å²) < 4.78 is 13.2. The van der Waals surface area contributed by atoms with E-state index in [1.807, 2.05) is 74.0 Å². The minimum atomic E-state index is -0.283. The van der Waals surface area contributed by atoms with Crippen molar-refractivity contribution in [2.75, 3.05) is 20.3 Å². The van der Waals surface area contributed by atoms with Gasteiger partial charge >= 0.3 is 0 Å². The molecule has 36 heavy (non-hydrogen) atoms. The fraction of sp³-hybridized carbons (Fsp3) is 0.250. The van der Waals surface area contributed by atoms with Crippen LogP contribution < -0.4 is 15.0 Å². The van der Waals surface area contributed by atoms with Gasteiger partial charge in [0.15, 0.2) is 0 Å². The number of aromatic nitrogens is 4. The van der Waals surface area contributed by atoms with Crippen LogP contribution in [0.25, 0.3) is 33.2 Å². The van der Waals surface area contributed by atoms with E-state index in [0.29, 0.717) is 29.0 Å². The van der Waals surface area contributed by atoms with E-state index in [1.165, 1.54) is 0 Å². The zero-order valence-electron chi connectivity index (χ0n) is 20.8. The second-order valence-electron chi connectivity index (χ2n) is 8.85. The number of ether oxygens (including phenoxy) is 2. The average molecular weight is 485 g/mol. The van der Waals surface area contributed by atoms with E-state index >= 15 is 0 Å². The van der Waals surface area contributed by atoms with Crippen LogP contribution in [0.3, 0.4) is 0 Å². The molecule has 0 spiro atoms. The van der Waals surface area contributed by atoms with Gasteiger partial charge in [-0.1, -0.05) is 30.3 Å². The van der Waals surface area contributed by atoms with Crippen LogP contribution in [0.4, 0.5) is 0 Å². The fourth-order valence-corrected chi connectivity index (χ4v) is 4.73. The Labute approximate surface area is 208 Å². The van der Waals surface area contributed by atoms with Gasteiger partial charge in [-0.25, -0.2) is 4.98 Å². The lowest BCUT2D eigenvalue weighted by atomic mass is 10.0. The third kappa shape index (κ3) is 4.09. The molecule has 0 fully saturated rings. The topological polar surface area (TPSA) is 102 Å². The number of methoxy groups -OCH3 is 1. The Balaban J connectivity index is 1.76. The van der Waals surface area contributed by atoms with Crippen molar-refractivity contribution >= 4 is 21.8 Å². The van der Waals surface area contributed by atoms with Crippen LogP contribution in [0.15, 0.2) is 53.3 Å². The highest BCUT2D eigenvalue weighted by atomic mass is 16.5. The van der Waals surface area contributed by atoms with Crippen molar-refractivity contribution in [3.63, 3.8) is 0 Å². The van der Waals surface area contributed by atoms with Crippen LogP contribution in [0.1, 0.15) is 22.4 Å². The predicted octanol–water partition coefficient (Wildman–Crippen LogP) is 4.29. The van der Waals surface area contributed by atoms with Crippen molar-refractivity contribution in [3.05, 3.63) is 81.3 Å². The van der Waals surface area contributed by atoms with E-state index in [4.69, 9.17) is 24.7 Å². The van der Waals surface area contributed by atoms with Crippen LogP contribution >= 0.6 is 0 Å². The van der Waals surface area contributed by atoms with Gasteiger partial charge in [-0.2, -0.15) is 5.10 Å². The molecule has 5 aromatic rings. The van der Waals surface area contributed by atoms with Gasteiger partial charge in [0.05, 0.1) is 31.5 Å². The largest absolute Gasteiger partial charge is 0.496 e. The number of benzene rings is 3. The zero-order chi connectivity index (χ0) is 25.4. The molecule has 2 heterocycles. The molecule has 0 aliphatic rings. The number of aromatic amines is 1. The zero-order valence-corrected chi connectivity index (χ0v) is 20.8. The summed E-state index contributed by atoms with van der Waals surface area (Å²) in [5, 5.41) is 15.2. The molecule has 0 aliphatic carbocycles. The number of nitrogens with one attached hydrogen (secondary N) is 1. The maximum atomic E-state index is 13.4. The Morgan fingerprint density at radius 3 is 2.44 bits per heavy atom. The molecule has 8 nitrogen and oxygen atoms in total. The van der Waals surface area contributed by atoms with Crippen LogP contribution in [0.2, 0.25) is 0 Å². The van der Waals surface area contributed by atoms with Crippen molar-refractivity contribution in [2.45, 2.75) is 27.3 Å². The van der Waals surface area contributed by atoms with Crippen molar-refractivity contribution in [3.8, 4) is 22.9 Å². The lowest BCUT2D eigenvalue weighted by Crippen LogP contribution is -2.12. The van der Waals surface area contributed by atoms with E-state index < -0.39 is 0 Å². The second kappa shape index (κ2) is 9.47. The normalized spacial score (nSPS) is 11.4. The summed E-state index contributed by atoms with van der Waals surface area (Å²) in [5.74, 6) is 1.63. The SMILES string of the molecule is COc1cc2c(C)nn(Cc3ccccc3)c2c2nc(-c3cc(C)c(OCCO)c(C)c3)[nH]c(=O)c12. The number of hydrogen-bond acceptors (Lipinski definition) is 6. The highest BCUT2D eigenvalue weighted by molar-refractivity contribution is 6.07. The van der Waals surface area contributed by atoms with Crippen molar-refractivity contribution < 1.29 is 14.6 Å². The Kier molecular flexibility index (Phi) is 6.20. The first kappa shape index (κ1) is 23.6. The standard InChI is InChI=1S/C28H28N4O4/c1-16-12-20(13-17(2)26(16)36-11-10-33)27-29-24-23(28(34)30-27)22(35-4)14-21-18(3)31-32(25(21)24)15-19-8-6-5-7-9-19/h5-9,12-14,33H,10-11,15H2,1-4H3,(H,29,30,34). The smallest absolute Gasteiger partial charge is 0.262 e. The van der Waals surface area contributed by atoms with Gasteiger partial charge in [-0.05, 0) is 55.7 Å². The summed E-state index contributed by atoms with van der Waals surface area (Å²) in [6.07, 6.45) is 0. The molecule has 184 valence electrons. The van der Waals surface area contributed by atoms with E-state index in [-0.39, 0.29) is 18.8 Å². The molecular formula is C28H28N4O4. The molecule has 5 rings (SSSR count). The molecule has 0 radical (unpaired) electrons. The number of nitrogens with zero attached hydrogens (tertiary/aromatic N) is 3. The number of aliphatic hydroxyl groups is 1. The van der Waals surface area contributed by atoms with Gasteiger partial charge in [0, 0.05) is 10.9 Å². The van der Waals surface area contributed by atoms with Gasteiger partial charge in [-0.15, -0.1) is 0 Å². The fourth-order valence-electron chi connectivity index (χ4n) is 4.73. The second-order valence-corrected chi connectivity index (χ2v) is 8.85. The molecule has 0 unspecified atom stereocenters. The summed E-state index contributed by atoms with van der Waals surface area (Å²) in [4.78, 5) is 21.3. The highest BCUT2D eigenvalue weighted by Crippen LogP contribution is 2.34. The molecule has 0 bridgehead atoms. The molecule has 0 saturated carbocycles. The Bertz CT molecular complexity index is 1610. The number of H-pyrrole nitrogens is 1. The first-order valence-electron chi connectivity index (χ1n) is 11.8. The number of aliphatic hydroxyl groups excluding tert-OH is 1. The monoisotopic (exact) mass is 484 g/mol. The van der Waals surface area contributed by atoms with Crippen LogP contribution in [0, 0.1) is 20.8 Å². The van der Waals surface area contributed by atoms with E-state index in [9.17, 15) is 4.79 Å². The van der Waals surface area contributed by atoms with Crippen LogP contribution in [-0.4, -0.2) is 45.2 Å². The molecule has 0 aliphatic heterocycles. The van der Waals surface area contributed by atoms with Gasteiger partial charge in [0.1, 0.15) is 34.8 Å². The van der Waals surface area contributed by atoms with E-state index in [0.717, 1.165) is 44.6 Å². The quantitative estimate of drug-likeness (QED) is 0.357. The summed E-state index contributed by atoms with van der Waals surface area (Å²) in [6, 6.07) is 15.8. The number of hydrogen-bond donors (Lipinski definition) is 2. The maximum Gasteiger partial charge on any atom is 0.262 e. The lowest BCUT2D eigenvalue weighted by molar-refractivity contribution is 0.200. The molecule has 0 atom stereocenters. The summed E-state index contributed by atoms with van der Waals surface area (Å²) in [5.41, 5.74) is 5.52. The number of fused-ring (bicyclic) bond motifs is 3. The minimum Gasteiger partial charge on any atom is -0.496 e. The summed E-state index contributed by atoms with van der Waals surface area (Å²) in [7, 11) is 1.55. The van der Waals surface area contributed by atoms with Crippen molar-refractivity contribution in [2.24, 2.45) is 0 Å². The molecule has 2 aromatic heterocycles. The van der Waals surface area contributed by atoms with E-state index in [2.05, 4.69) is 4.98 Å². The van der Waals surface area contributed by atoms with Gasteiger partial charge < -0.3 is 19.6 Å². The third-order valence-corrected chi connectivity index (χ3v) is 6.31. The lowest BCUT2D eigenvalue weighted by Gasteiger charge is -2.14. The van der Waals surface area contributed by atoms with Gasteiger partial charge in [0.25, 0.3) is 5.56 Å². The average Bonchev–Trinajstić information content (AvgIpc) is 3.18. The minimum absolute atomic E-state index is 0.0614. The predicted molar refractivity (Wildman–Crippen MR) is 140 cm³/mol. The summed E-state index contributed by atoms with van der Waals surface area (Å²) in [6.45, 7) is 6.51. The van der Waals surface area contributed by atoms with Crippen LogP contribution in [-0.2, 0) is 6.54 Å². The number of aryl methyl sites for hydroxylation is 3. The summed E-state index contributed by atoms with van der Waals surface area (Å²) >= 11 is 0. The molecule has 8 heteroatoms. The van der Waals surface area contributed by atoms with Crippen molar-refractivity contribution in [1.82, 2.24) is 19.7 Å². The Morgan fingerprint density at radius 2 is 1.78 bits per heavy atom. The molecular weight excluding hydrogens is 456 g/mol. The Hall–Kier alpha value is -4.17. The maximum absolute atomic E-state index is 13.4. The molecule has 3 aromatic carbocycles. The molecule has 2 N–H and O–H groups in total. The third-order valence-electron chi connectivity index (χ3n) is 6.31. The van der Waals surface area contributed by atoms with Gasteiger partial charge in [0.2, 0.25) is 0 Å². The molecule has 0 saturated heterocycles. The number of rotatable bonds is 7. The van der Waals surface area contributed by atoms with Crippen molar-refractivity contribution in [1.29, 1.82) is 0 Å².